The molecule has 7 heteroatoms. The number of guanidine groups is 1. The first-order chi connectivity index (χ1) is 11.1. The summed E-state index contributed by atoms with van der Waals surface area (Å²) in [5.41, 5.74) is 2.15. The molecule has 1 aromatic carbocycles. The van der Waals surface area contributed by atoms with Crippen LogP contribution in [0.15, 0.2) is 29.3 Å². The Kier molecular flexibility index (Phi) is 9.61. The maximum absolute atomic E-state index is 6.17. The van der Waals surface area contributed by atoms with Gasteiger partial charge in [-0.05, 0) is 32.4 Å². The van der Waals surface area contributed by atoms with Crippen molar-refractivity contribution in [3.05, 3.63) is 50.4 Å². The van der Waals surface area contributed by atoms with Gasteiger partial charge in [0.15, 0.2) is 5.96 Å². The molecule has 24 heavy (non-hydrogen) atoms. The Hall–Kier alpha value is -0.860. The van der Waals surface area contributed by atoms with E-state index < -0.39 is 0 Å². The van der Waals surface area contributed by atoms with Crippen molar-refractivity contribution in [3.63, 3.8) is 0 Å². The number of nitrogens with zero attached hydrogens (tertiary/aromatic N) is 2. The summed E-state index contributed by atoms with van der Waals surface area (Å²) in [6.07, 6.45) is 0.899. The number of aryl methyl sites for hydroxylation is 2. The first kappa shape index (κ1) is 21.2. The lowest BCUT2D eigenvalue weighted by Crippen LogP contribution is -2.38. The number of aliphatic imine (C=N–C) groups is 1. The van der Waals surface area contributed by atoms with Crippen molar-refractivity contribution < 1.29 is 0 Å². The second-order valence-electron chi connectivity index (χ2n) is 5.21. The maximum Gasteiger partial charge on any atom is 0.191 e. The Morgan fingerprint density at radius 2 is 2.00 bits per heavy atom. The summed E-state index contributed by atoms with van der Waals surface area (Å²) >= 11 is 7.93. The normalized spacial score (nSPS) is 11.1. The molecule has 0 radical (unpaired) electrons. The van der Waals surface area contributed by atoms with Gasteiger partial charge in [0.1, 0.15) is 0 Å². The number of benzene rings is 1. The predicted molar refractivity (Wildman–Crippen MR) is 115 cm³/mol. The molecular weight excluding hydrogens is 455 g/mol. The van der Waals surface area contributed by atoms with Crippen LogP contribution in [0.3, 0.4) is 0 Å². The number of halogens is 2. The highest BCUT2D eigenvalue weighted by Gasteiger charge is 2.04. The van der Waals surface area contributed by atoms with Gasteiger partial charge in [0.25, 0.3) is 0 Å². The van der Waals surface area contributed by atoms with Crippen LogP contribution < -0.4 is 10.6 Å². The highest BCUT2D eigenvalue weighted by Crippen LogP contribution is 2.17. The van der Waals surface area contributed by atoms with Crippen LogP contribution in [0.25, 0.3) is 0 Å². The van der Waals surface area contributed by atoms with Gasteiger partial charge in [-0.2, -0.15) is 0 Å². The molecule has 4 nitrogen and oxygen atoms in total. The van der Waals surface area contributed by atoms with Gasteiger partial charge < -0.3 is 10.6 Å². The average Bonchev–Trinajstić information content (AvgIpc) is 2.84. The molecule has 0 bridgehead atoms. The zero-order chi connectivity index (χ0) is 16.7. The molecule has 2 rings (SSSR count). The molecule has 0 fully saturated rings. The molecule has 0 atom stereocenters. The fourth-order valence-electron chi connectivity index (χ4n) is 2.07. The third-order valence-corrected chi connectivity index (χ3v) is 4.92. The zero-order valence-electron chi connectivity index (χ0n) is 14.2. The zero-order valence-corrected chi connectivity index (χ0v) is 18.1. The number of hydrogen-bond acceptors (Lipinski definition) is 3. The minimum Gasteiger partial charge on any atom is -0.357 e. The summed E-state index contributed by atoms with van der Waals surface area (Å²) in [6, 6.07) is 7.79. The van der Waals surface area contributed by atoms with E-state index >= 15 is 0 Å². The lowest BCUT2D eigenvalue weighted by Gasteiger charge is -2.11. The molecule has 132 valence electrons. The fourth-order valence-corrected chi connectivity index (χ4v) is 3.20. The summed E-state index contributed by atoms with van der Waals surface area (Å²) in [4.78, 5) is 10.4. The van der Waals surface area contributed by atoms with Crippen molar-refractivity contribution >= 4 is 52.9 Å². The van der Waals surface area contributed by atoms with Crippen LogP contribution in [0, 0.1) is 13.8 Å². The van der Waals surface area contributed by atoms with Crippen LogP contribution >= 0.6 is 46.9 Å². The van der Waals surface area contributed by atoms with Crippen LogP contribution in [0.1, 0.15) is 28.1 Å². The molecule has 1 heterocycles. The van der Waals surface area contributed by atoms with Crippen molar-refractivity contribution in [2.75, 3.05) is 13.1 Å². The highest BCUT2D eigenvalue weighted by molar-refractivity contribution is 14.0. The van der Waals surface area contributed by atoms with E-state index in [4.69, 9.17) is 11.6 Å². The first-order valence-electron chi connectivity index (χ1n) is 7.78. The molecule has 0 spiro atoms. The maximum atomic E-state index is 6.17. The van der Waals surface area contributed by atoms with E-state index in [2.05, 4.69) is 41.4 Å². The van der Waals surface area contributed by atoms with E-state index in [1.54, 1.807) is 11.3 Å². The molecule has 2 aromatic rings. The molecule has 0 saturated carbocycles. The summed E-state index contributed by atoms with van der Waals surface area (Å²) < 4.78 is 0. The third kappa shape index (κ3) is 6.57. The van der Waals surface area contributed by atoms with Crippen LogP contribution in [0.2, 0.25) is 5.02 Å². The Labute approximate surface area is 170 Å². The van der Waals surface area contributed by atoms with Crippen LogP contribution in [0.5, 0.6) is 0 Å². The van der Waals surface area contributed by atoms with Crippen LogP contribution in [-0.2, 0) is 13.0 Å². The van der Waals surface area contributed by atoms with Gasteiger partial charge in [0.05, 0.1) is 17.2 Å². The molecule has 1 aromatic heterocycles. The molecule has 0 aliphatic heterocycles. The van der Waals surface area contributed by atoms with Gasteiger partial charge in [-0.15, -0.1) is 35.3 Å². The summed E-state index contributed by atoms with van der Waals surface area (Å²) in [5, 5.41) is 8.52. The van der Waals surface area contributed by atoms with Crippen molar-refractivity contribution in [3.8, 4) is 0 Å². The lowest BCUT2D eigenvalue weighted by molar-refractivity contribution is 0.795. The van der Waals surface area contributed by atoms with Gasteiger partial charge in [0, 0.05) is 29.4 Å². The molecular formula is C17H24ClIN4S. The van der Waals surface area contributed by atoms with E-state index in [0.29, 0.717) is 6.54 Å². The fraction of sp³-hybridized carbons (Fsp3) is 0.412. The SMILES string of the molecule is CCNC(=NCc1ccccc1Cl)NCCc1nc(C)c(C)s1.I. The third-order valence-electron chi connectivity index (χ3n) is 3.41. The van der Waals surface area contributed by atoms with Gasteiger partial charge in [-0.3, -0.25) is 0 Å². The van der Waals surface area contributed by atoms with Crippen LogP contribution in [-0.4, -0.2) is 24.0 Å². The Balaban J connectivity index is 0.00000288. The Morgan fingerprint density at radius 3 is 2.62 bits per heavy atom. The Morgan fingerprint density at radius 1 is 1.25 bits per heavy atom. The second-order valence-corrected chi connectivity index (χ2v) is 6.91. The smallest absolute Gasteiger partial charge is 0.191 e. The van der Waals surface area contributed by atoms with Gasteiger partial charge in [-0.1, -0.05) is 29.8 Å². The largest absolute Gasteiger partial charge is 0.357 e. The summed E-state index contributed by atoms with van der Waals surface area (Å²) in [6.45, 7) is 8.41. The molecule has 0 unspecified atom stereocenters. The quantitative estimate of drug-likeness (QED) is 0.369. The van der Waals surface area contributed by atoms with E-state index in [1.807, 2.05) is 24.3 Å². The van der Waals surface area contributed by atoms with Gasteiger partial charge in [0.2, 0.25) is 0 Å². The van der Waals surface area contributed by atoms with Crippen molar-refractivity contribution in [2.45, 2.75) is 33.7 Å². The summed E-state index contributed by atoms with van der Waals surface area (Å²) in [7, 11) is 0. The number of hydrogen-bond donors (Lipinski definition) is 2. The van der Waals surface area contributed by atoms with E-state index in [9.17, 15) is 0 Å². The lowest BCUT2D eigenvalue weighted by atomic mass is 10.2. The average molecular weight is 479 g/mol. The minimum atomic E-state index is 0. The molecule has 0 aliphatic rings. The first-order valence-corrected chi connectivity index (χ1v) is 8.98. The number of aromatic nitrogens is 1. The monoisotopic (exact) mass is 478 g/mol. The topological polar surface area (TPSA) is 49.3 Å². The van der Waals surface area contributed by atoms with E-state index in [0.717, 1.165) is 46.8 Å². The van der Waals surface area contributed by atoms with Gasteiger partial charge in [-0.25, -0.2) is 9.98 Å². The van der Waals surface area contributed by atoms with Crippen LogP contribution in [0.4, 0.5) is 0 Å². The number of nitrogens with one attached hydrogen (secondary N) is 2. The van der Waals surface area contributed by atoms with Crippen molar-refractivity contribution in [1.82, 2.24) is 15.6 Å². The minimum absolute atomic E-state index is 0. The predicted octanol–water partition coefficient (Wildman–Crippen LogP) is 4.33. The molecule has 0 amide bonds. The number of rotatable bonds is 6. The number of thiazole rings is 1. The molecule has 0 saturated heterocycles. The van der Waals surface area contributed by atoms with Crippen molar-refractivity contribution in [2.24, 2.45) is 4.99 Å². The molecule has 2 N–H and O–H groups in total. The van der Waals surface area contributed by atoms with Gasteiger partial charge >= 0.3 is 0 Å². The van der Waals surface area contributed by atoms with Crippen molar-refractivity contribution in [1.29, 1.82) is 0 Å². The highest BCUT2D eigenvalue weighted by atomic mass is 127. The van der Waals surface area contributed by atoms with E-state index in [1.165, 1.54) is 4.88 Å². The Bertz CT molecular complexity index is 653. The second kappa shape index (κ2) is 10.9. The molecule has 0 aliphatic carbocycles. The standard InChI is InChI=1S/C17H23ClN4S.HI/c1-4-19-17(21-11-14-7-5-6-8-15(14)18)20-10-9-16-22-12(2)13(3)23-16;/h5-8H,4,9-11H2,1-3H3,(H2,19,20,21);1H. The van der Waals surface area contributed by atoms with E-state index in [-0.39, 0.29) is 24.0 Å². The summed E-state index contributed by atoms with van der Waals surface area (Å²) in [5.74, 6) is 0.803.